The number of hydrogen-bond donors (Lipinski definition) is 3. The van der Waals surface area contributed by atoms with Gasteiger partial charge in [-0.05, 0) is 6.42 Å². The molecule has 146 valence electrons. The molecule has 25 heavy (non-hydrogen) atoms. The van der Waals surface area contributed by atoms with Crippen LogP contribution < -0.4 is 10.4 Å². The van der Waals surface area contributed by atoms with E-state index in [0.29, 0.717) is 19.5 Å². The number of nitrogens with zero attached hydrogens (tertiary/aromatic N) is 1. The molecule has 8 nitrogen and oxygen atoms in total. The van der Waals surface area contributed by atoms with Crippen molar-refractivity contribution in [3.8, 4) is 0 Å². The zero-order valence-corrected chi connectivity index (χ0v) is 15.2. The van der Waals surface area contributed by atoms with Crippen LogP contribution >= 0.6 is 0 Å². The number of carbonyl (C=O) groups is 3. The smallest absolute Gasteiger partial charge is 0.309 e. The third kappa shape index (κ3) is 12.4. The Hall–Kier alpha value is -1.67. The van der Waals surface area contributed by atoms with Gasteiger partial charge in [-0.25, -0.2) is 0 Å². The van der Waals surface area contributed by atoms with Crippen molar-refractivity contribution in [2.75, 3.05) is 39.3 Å². The number of carbonyl (C=O) groups excluding carboxylic acids is 2. The van der Waals surface area contributed by atoms with Crippen LogP contribution in [-0.2, 0) is 14.4 Å². The minimum Gasteiger partial charge on any atom is -0.550 e. The molecule has 1 amide bonds. The van der Waals surface area contributed by atoms with E-state index in [4.69, 9.17) is 5.11 Å². The van der Waals surface area contributed by atoms with Gasteiger partial charge in [-0.15, -0.1) is 0 Å². The van der Waals surface area contributed by atoms with E-state index in [1.807, 2.05) is 0 Å². The highest BCUT2D eigenvalue weighted by molar-refractivity contribution is 5.75. The number of quaternary nitrogens is 1. The van der Waals surface area contributed by atoms with E-state index in [0.717, 1.165) is 25.7 Å². The number of amides is 1. The summed E-state index contributed by atoms with van der Waals surface area (Å²) in [5.41, 5.74) is 0. The predicted molar refractivity (Wildman–Crippen MR) is 90.5 cm³/mol. The van der Waals surface area contributed by atoms with Crippen LogP contribution in [-0.4, -0.2) is 71.9 Å². The Bertz CT molecular complexity index is 396. The van der Waals surface area contributed by atoms with Crippen LogP contribution in [0.5, 0.6) is 0 Å². The van der Waals surface area contributed by atoms with Gasteiger partial charge in [0, 0.05) is 18.8 Å². The first-order valence-electron chi connectivity index (χ1n) is 8.99. The second-order valence-electron chi connectivity index (χ2n) is 6.39. The maximum atomic E-state index is 11.8. The van der Waals surface area contributed by atoms with Gasteiger partial charge in [-0.1, -0.05) is 26.2 Å². The Balaban J connectivity index is 4.54. The van der Waals surface area contributed by atoms with Crippen LogP contribution in [0.3, 0.4) is 0 Å². The summed E-state index contributed by atoms with van der Waals surface area (Å²) in [5, 5.41) is 31.8. The minimum absolute atomic E-state index is 0.0589. The van der Waals surface area contributed by atoms with Crippen molar-refractivity contribution in [3.63, 3.8) is 0 Å². The number of carboxylic acid groups (broad SMARTS) is 2. The lowest BCUT2D eigenvalue weighted by atomic mass is 10.1. The topological polar surface area (TPSA) is 127 Å². The summed E-state index contributed by atoms with van der Waals surface area (Å²) < 4.78 is 0.132. The molecule has 0 saturated carbocycles. The van der Waals surface area contributed by atoms with Gasteiger partial charge in [0.1, 0.15) is 6.54 Å². The maximum absolute atomic E-state index is 11.8. The summed E-state index contributed by atoms with van der Waals surface area (Å²) in [4.78, 5) is 33.5. The summed E-state index contributed by atoms with van der Waals surface area (Å²) in [6.45, 7) is 3.23. The van der Waals surface area contributed by atoms with E-state index in [2.05, 4.69) is 12.2 Å². The molecule has 0 aromatic heterocycles. The van der Waals surface area contributed by atoms with Gasteiger partial charge in [-0.3, -0.25) is 9.59 Å². The average Bonchev–Trinajstić information content (AvgIpc) is 2.55. The van der Waals surface area contributed by atoms with Crippen molar-refractivity contribution >= 4 is 17.8 Å². The molecule has 0 aliphatic heterocycles. The molecular formula is C17H32N2O6. The zero-order valence-electron chi connectivity index (χ0n) is 15.2. The highest BCUT2D eigenvalue weighted by Crippen LogP contribution is 2.10. The highest BCUT2D eigenvalue weighted by atomic mass is 16.4. The second-order valence-corrected chi connectivity index (χ2v) is 6.39. The number of nitrogens with one attached hydrogen (secondary N) is 1. The normalized spacial score (nSPS) is 13.2. The van der Waals surface area contributed by atoms with E-state index < -0.39 is 11.9 Å². The second kappa shape index (κ2) is 13.6. The highest BCUT2D eigenvalue weighted by Gasteiger charge is 2.27. The van der Waals surface area contributed by atoms with E-state index in [9.17, 15) is 24.6 Å². The number of unbranched alkanes of at least 4 members (excludes halogenated alkanes) is 3. The molecule has 0 heterocycles. The van der Waals surface area contributed by atoms with Crippen molar-refractivity contribution in [3.05, 3.63) is 0 Å². The Morgan fingerprint density at radius 1 is 0.960 bits per heavy atom. The van der Waals surface area contributed by atoms with Gasteiger partial charge in [-0.2, -0.15) is 0 Å². The minimum atomic E-state index is -1.21. The van der Waals surface area contributed by atoms with Crippen LogP contribution in [0.15, 0.2) is 0 Å². The fourth-order valence-corrected chi connectivity index (χ4v) is 2.78. The molecule has 3 N–H and O–H groups in total. The Labute approximate surface area is 149 Å². The van der Waals surface area contributed by atoms with E-state index >= 15 is 0 Å². The molecule has 0 aliphatic carbocycles. The molecule has 0 bridgehead atoms. The van der Waals surface area contributed by atoms with Crippen LogP contribution in [0, 0.1) is 0 Å². The largest absolute Gasteiger partial charge is 0.550 e. The third-order valence-corrected chi connectivity index (χ3v) is 4.33. The fourth-order valence-electron chi connectivity index (χ4n) is 2.78. The van der Waals surface area contributed by atoms with Gasteiger partial charge >= 0.3 is 5.97 Å². The van der Waals surface area contributed by atoms with Gasteiger partial charge in [0.15, 0.2) is 0 Å². The lowest BCUT2D eigenvalue weighted by molar-refractivity contribution is -0.926. The third-order valence-electron chi connectivity index (χ3n) is 4.33. The number of rotatable bonds is 16. The number of aliphatic hydroxyl groups excluding tert-OH is 1. The number of aliphatic carboxylic acids is 2. The molecule has 1 atom stereocenters. The van der Waals surface area contributed by atoms with E-state index in [-0.39, 0.29) is 49.5 Å². The quantitative estimate of drug-likeness (QED) is 0.251. The van der Waals surface area contributed by atoms with E-state index in [1.165, 1.54) is 0 Å². The summed E-state index contributed by atoms with van der Waals surface area (Å²) in [5.74, 6) is -2.25. The molecule has 0 aromatic carbocycles. The molecule has 8 heteroatoms. The van der Waals surface area contributed by atoms with Crippen molar-refractivity contribution in [2.45, 2.75) is 51.9 Å². The first-order chi connectivity index (χ1) is 11.8. The first kappa shape index (κ1) is 23.3. The predicted octanol–water partition coefficient (Wildman–Crippen LogP) is -0.503. The van der Waals surface area contributed by atoms with E-state index in [1.54, 1.807) is 0 Å². The SMILES string of the molecule is CCCCCCC(=O)NCC[N+](CCO)(CCC(=O)[O-])CCC(=O)O. The lowest BCUT2D eigenvalue weighted by Crippen LogP contribution is -2.55. The van der Waals surface area contributed by atoms with Crippen molar-refractivity contribution in [1.82, 2.24) is 5.32 Å². The molecule has 0 saturated heterocycles. The molecule has 0 radical (unpaired) electrons. The maximum Gasteiger partial charge on any atom is 0.309 e. The Morgan fingerprint density at radius 2 is 1.64 bits per heavy atom. The zero-order chi connectivity index (χ0) is 19.1. The van der Waals surface area contributed by atoms with Crippen LogP contribution in [0.2, 0.25) is 0 Å². The molecule has 0 aliphatic rings. The summed E-state index contributed by atoms with van der Waals surface area (Å²) >= 11 is 0. The Morgan fingerprint density at radius 3 is 2.20 bits per heavy atom. The monoisotopic (exact) mass is 360 g/mol. The lowest BCUT2D eigenvalue weighted by Gasteiger charge is -2.38. The number of carboxylic acids is 2. The molecule has 1 unspecified atom stereocenters. The van der Waals surface area contributed by atoms with Crippen LogP contribution in [0.1, 0.15) is 51.9 Å². The van der Waals surface area contributed by atoms with Crippen molar-refractivity contribution < 1.29 is 34.2 Å². The number of hydrogen-bond acceptors (Lipinski definition) is 5. The molecule has 0 fully saturated rings. The summed E-state index contributed by atoms with van der Waals surface area (Å²) in [7, 11) is 0. The molecule has 0 spiro atoms. The first-order valence-corrected chi connectivity index (χ1v) is 8.99. The van der Waals surface area contributed by atoms with Gasteiger partial charge < -0.3 is 29.9 Å². The van der Waals surface area contributed by atoms with Gasteiger partial charge in [0.2, 0.25) is 5.91 Å². The van der Waals surface area contributed by atoms with Crippen molar-refractivity contribution in [1.29, 1.82) is 0 Å². The summed E-state index contributed by atoms with van der Waals surface area (Å²) in [6.07, 6.45) is 4.16. The van der Waals surface area contributed by atoms with Crippen LogP contribution in [0.25, 0.3) is 0 Å². The van der Waals surface area contributed by atoms with Crippen molar-refractivity contribution in [2.24, 2.45) is 0 Å². The van der Waals surface area contributed by atoms with Gasteiger partial charge in [0.25, 0.3) is 0 Å². The standard InChI is InChI=1S/C17H32N2O6/c1-2-3-4-5-6-15(21)18-9-12-19(13-14-20,10-7-16(22)23)11-8-17(24)25/h20H,2-14H2,1H3,(H2-,18,21,22,23,24,25). The molecule has 0 rings (SSSR count). The van der Waals surface area contributed by atoms with Gasteiger partial charge in [0.05, 0.1) is 39.2 Å². The fraction of sp³-hybridized carbons (Fsp3) is 0.824. The number of aliphatic hydroxyl groups is 1. The average molecular weight is 360 g/mol. The summed E-state index contributed by atoms with van der Waals surface area (Å²) in [6, 6.07) is 0. The molecular weight excluding hydrogens is 328 g/mol. The van der Waals surface area contributed by atoms with Crippen LogP contribution in [0.4, 0.5) is 0 Å². The Kier molecular flexibility index (Phi) is 12.7. The molecule has 0 aromatic rings.